The molecule has 0 fully saturated rings. The molecule has 0 saturated carbocycles. The molecule has 0 unspecified atom stereocenters. The van der Waals surface area contributed by atoms with Gasteiger partial charge in [0.05, 0.1) is 13.0 Å². The highest BCUT2D eigenvalue weighted by atomic mass is 79.9. The lowest BCUT2D eigenvalue weighted by Gasteiger charge is -2.07. The van der Waals surface area contributed by atoms with E-state index in [-0.39, 0.29) is 12.5 Å². The summed E-state index contributed by atoms with van der Waals surface area (Å²) < 4.78 is 0.992. The van der Waals surface area contributed by atoms with Crippen molar-refractivity contribution < 1.29 is 14.7 Å². The Balaban J connectivity index is 1.88. The topological polar surface area (TPSA) is 78.4 Å². The molecule has 7 heteroatoms. The maximum Gasteiger partial charge on any atom is 0.319 e. The van der Waals surface area contributed by atoms with E-state index >= 15 is 0 Å². The number of carboxylic acids is 1. The zero-order chi connectivity index (χ0) is 15.2. The summed E-state index contributed by atoms with van der Waals surface area (Å²) in [7, 11) is 0. The average molecular weight is 369 g/mol. The number of rotatable bonds is 5. The maximum absolute atomic E-state index is 11.8. The second kappa shape index (κ2) is 7.24. The number of carboxylic acid groups (broad SMARTS) is 1. The number of hydrogen-bond acceptors (Lipinski definition) is 3. The summed E-state index contributed by atoms with van der Waals surface area (Å²) in [6.07, 6.45) is -0.0691. The fourth-order valence-electron chi connectivity index (χ4n) is 1.72. The van der Waals surface area contributed by atoms with Crippen molar-refractivity contribution in [1.29, 1.82) is 0 Å². The van der Waals surface area contributed by atoms with E-state index in [0.29, 0.717) is 17.8 Å². The summed E-state index contributed by atoms with van der Waals surface area (Å²) >= 11 is 4.91. The van der Waals surface area contributed by atoms with Crippen molar-refractivity contribution in [2.45, 2.75) is 13.0 Å². The monoisotopic (exact) mass is 368 g/mol. The number of thiophene rings is 1. The van der Waals surface area contributed by atoms with Crippen LogP contribution in [0.4, 0.5) is 10.5 Å². The van der Waals surface area contributed by atoms with Crippen LogP contribution in [-0.4, -0.2) is 17.1 Å². The van der Waals surface area contributed by atoms with Gasteiger partial charge in [-0.05, 0) is 39.7 Å². The Morgan fingerprint density at radius 3 is 2.76 bits per heavy atom. The van der Waals surface area contributed by atoms with Crippen LogP contribution in [0.1, 0.15) is 10.4 Å². The van der Waals surface area contributed by atoms with Crippen molar-refractivity contribution in [3.05, 3.63) is 50.6 Å². The highest BCUT2D eigenvalue weighted by Crippen LogP contribution is 2.19. The van der Waals surface area contributed by atoms with Crippen molar-refractivity contribution in [3.63, 3.8) is 0 Å². The van der Waals surface area contributed by atoms with Gasteiger partial charge in [0.15, 0.2) is 0 Å². The van der Waals surface area contributed by atoms with Crippen molar-refractivity contribution in [1.82, 2.24) is 5.32 Å². The molecule has 0 spiro atoms. The van der Waals surface area contributed by atoms with E-state index < -0.39 is 5.97 Å². The molecule has 0 aliphatic carbocycles. The van der Waals surface area contributed by atoms with Crippen LogP contribution in [0.3, 0.4) is 0 Å². The second-order valence-corrected chi connectivity index (χ2v) is 6.22. The molecule has 21 heavy (non-hydrogen) atoms. The van der Waals surface area contributed by atoms with Crippen LogP contribution in [0.15, 0.2) is 40.2 Å². The van der Waals surface area contributed by atoms with Crippen LogP contribution < -0.4 is 10.6 Å². The predicted octanol–water partition coefficient (Wildman–Crippen LogP) is 3.46. The number of benzene rings is 1. The van der Waals surface area contributed by atoms with Gasteiger partial charge in [0.25, 0.3) is 0 Å². The third-order valence-corrected chi connectivity index (χ3v) is 4.28. The zero-order valence-electron chi connectivity index (χ0n) is 10.9. The van der Waals surface area contributed by atoms with Gasteiger partial charge >= 0.3 is 12.0 Å². The van der Waals surface area contributed by atoms with Crippen molar-refractivity contribution in [2.24, 2.45) is 0 Å². The predicted molar refractivity (Wildman–Crippen MR) is 85.7 cm³/mol. The molecule has 0 radical (unpaired) electrons. The zero-order valence-corrected chi connectivity index (χ0v) is 13.3. The number of aliphatic carboxylic acids is 1. The highest BCUT2D eigenvalue weighted by Gasteiger charge is 2.05. The van der Waals surface area contributed by atoms with Crippen LogP contribution in [0.2, 0.25) is 0 Å². The SMILES string of the molecule is O=C(O)Cc1cccc(NC(=O)NCc2cc(Br)cs2)c1. The normalized spacial score (nSPS) is 10.1. The van der Waals surface area contributed by atoms with E-state index in [0.717, 1.165) is 9.35 Å². The molecule has 1 aromatic heterocycles. The fourth-order valence-corrected chi connectivity index (χ4v) is 3.11. The van der Waals surface area contributed by atoms with E-state index in [9.17, 15) is 9.59 Å². The smallest absolute Gasteiger partial charge is 0.319 e. The Hall–Kier alpha value is -1.86. The highest BCUT2D eigenvalue weighted by molar-refractivity contribution is 9.10. The van der Waals surface area contributed by atoms with Gasteiger partial charge in [-0.1, -0.05) is 12.1 Å². The molecule has 1 heterocycles. The van der Waals surface area contributed by atoms with Crippen LogP contribution in [0.5, 0.6) is 0 Å². The molecule has 0 atom stereocenters. The van der Waals surface area contributed by atoms with Crippen LogP contribution in [-0.2, 0) is 17.8 Å². The molecule has 1 aromatic carbocycles. The fraction of sp³-hybridized carbons (Fsp3) is 0.143. The minimum absolute atomic E-state index is 0.0691. The molecule has 2 aromatic rings. The molecule has 0 aliphatic heterocycles. The summed E-state index contributed by atoms with van der Waals surface area (Å²) in [5.74, 6) is -0.903. The Morgan fingerprint density at radius 1 is 1.29 bits per heavy atom. The van der Waals surface area contributed by atoms with Crippen LogP contribution >= 0.6 is 27.3 Å². The summed E-state index contributed by atoms with van der Waals surface area (Å²) in [6.45, 7) is 0.441. The summed E-state index contributed by atoms with van der Waals surface area (Å²) in [5, 5.41) is 16.1. The van der Waals surface area contributed by atoms with Gasteiger partial charge in [-0.2, -0.15) is 0 Å². The van der Waals surface area contributed by atoms with Crippen molar-refractivity contribution >= 4 is 45.0 Å². The van der Waals surface area contributed by atoms with Crippen molar-refractivity contribution in [2.75, 3.05) is 5.32 Å². The molecule has 0 saturated heterocycles. The first kappa shape index (κ1) is 15.5. The van der Waals surface area contributed by atoms with E-state index in [1.165, 1.54) is 0 Å². The molecule has 110 valence electrons. The third-order valence-electron chi connectivity index (χ3n) is 2.59. The second-order valence-electron chi connectivity index (χ2n) is 4.31. The van der Waals surface area contributed by atoms with E-state index in [2.05, 4.69) is 26.6 Å². The van der Waals surface area contributed by atoms with Crippen LogP contribution in [0.25, 0.3) is 0 Å². The summed E-state index contributed by atoms with van der Waals surface area (Å²) in [6, 6.07) is 8.40. The minimum Gasteiger partial charge on any atom is -0.481 e. The standard InChI is InChI=1S/C14H13BrN2O3S/c15-10-6-12(21-8-10)7-16-14(20)17-11-3-1-2-9(4-11)5-13(18)19/h1-4,6,8H,5,7H2,(H,18,19)(H2,16,17,20). The Bertz CT molecular complexity index is 657. The lowest BCUT2D eigenvalue weighted by molar-refractivity contribution is -0.136. The summed E-state index contributed by atoms with van der Waals surface area (Å²) in [4.78, 5) is 23.5. The van der Waals surface area contributed by atoms with Gasteiger partial charge < -0.3 is 15.7 Å². The maximum atomic E-state index is 11.8. The number of anilines is 1. The first-order valence-electron chi connectivity index (χ1n) is 6.11. The Labute approximate surface area is 134 Å². The minimum atomic E-state index is -0.903. The van der Waals surface area contributed by atoms with Gasteiger partial charge in [-0.15, -0.1) is 11.3 Å². The van der Waals surface area contributed by atoms with E-state index in [1.807, 2.05) is 11.4 Å². The van der Waals surface area contributed by atoms with E-state index in [4.69, 9.17) is 5.11 Å². The lowest BCUT2D eigenvalue weighted by Crippen LogP contribution is -2.27. The lowest BCUT2D eigenvalue weighted by atomic mass is 10.1. The molecule has 0 bridgehead atoms. The summed E-state index contributed by atoms with van der Waals surface area (Å²) in [5.41, 5.74) is 1.21. The Morgan fingerprint density at radius 2 is 2.10 bits per heavy atom. The molecule has 2 amide bonds. The number of halogens is 1. The number of amides is 2. The number of carbonyl (C=O) groups is 2. The largest absolute Gasteiger partial charge is 0.481 e. The van der Waals surface area contributed by atoms with Gasteiger partial charge in [0, 0.05) is 20.4 Å². The van der Waals surface area contributed by atoms with Crippen LogP contribution in [0, 0.1) is 0 Å². The van der Waals surface area contributed by atoms with Gasteiger partial charge in [0.1, 0.15) is 0 Å². The molecule has 3 N–H and O–H groups in total. The average Bonchev–Trinajstić information content (AvgIpc) is 2.82. The van der Waals surface area contributed by atoms with Crippen molar-refractivity contribution in [3.8, 4) is 0 Å². The first-order chi connectivity index (χ1) is 10.0. The molecular weight excluding hydrogens is 356 g/mol. The third kappa shape index (κ3) is 5.20. The molecular formula is C14H13BrN2O3S. The molecule has 0 aliphatic rings. The first-order valence-corrected chi connectivity index (χ1v) is 7.78. The number of carbonyl (C=O) groups excluding carboxylic acids is 1. The van der Waals surface area contributed by atoms with E-state index in [1.54, 1.807) is 35.6 Å². The molecule has 5 nitrogen and oxygen atoms in total. The quantitative estimate of drug-likeness (QED) is 0.755. The number of urea groups is 1. The Kier molecular flexibility index (Phi) is 5.35. The number of hydrogen-bond donors (Lipinski definition) is 3. The number of nitrogens with one attached hydrogen (secondary N) is 2. The molecule has 2 rings (SSSR count). The van der Waals surface area contributed by atoms with Gasteiger partial charge in [0.2, 0.25) is 0 Å². The van der Waals surface area contributed by atoms with Gasteiger partial charge in [-0.25, -0.2) is 4.79 Å². The van der Waals surface area contributed by atoms with Gasteiger partial charge in [-0.3, -0.25) is 4.79 Å².